The number of thioether (sulfide) groups is 1. The molecule has 2 aromatic rings. The number of hydrogen-bond donors (Lipinski definition) is 2. The molecule has 1 saturated heterocycles. The van der Waals surface area contributed by atoms with Gasteiger partial charge in [-0.3, -0.25) is 4.79 Å². The molecule has 3 rings (SSSR count). The molecule has 6 nitrogen and oxygen atoms in total. The Kier molecular flexibility index (Phi) is 3.89. The molecule has 0 aliphatic carbocycles. The van der Waals surface area contributed by atoms with E-state index in [0.29, 0.717) is 17.7 Å². The van der Waals surface area contributed by atoms with E-state index in [1.165, 1.54) is 0 Å². The number of carboxylic acids is 1. The zero-order chi connectivity index (χ0) is 15.6. The normalized spacial score (nSPS) is 20.7. The zero-order valence-corrected chi connectivity index (χ0v) is 12.5. The number of aliphatic carboxylic acids is 1. The molecule has 0 unspecified atom stereocenters. The third-order valence-corrected chi connectivity index (χ3v) is 4.87. The van der Waals surface area contributed by atoms with Gasteiger partial charge in [-0.1, -0.05) is 0 Å². The standard InChI is InChI=1S/C15H15N3O3S/c19-13(17-15(14(20)21)6-9-22-10-15)11-2-4-12(5-3-11)18-8-1-7-16-18/h1-5,7-8H,6,9-10H2,(H,17,19)(H,20,21)/t15-/m1/s1. The SMILES string of the molecule is O=C(N[C@]1(C(=O)O)CCSC1)c1ccc(-n2cccn2)cc1. The maximum absolute atomic E-state index is 12.3. The van der Waals surface area contributed by atoms with Crippen molar-refractivity contribution in [2.45, 2.75) is 12.0 Å². The van der Waals surface area contributed by atoms with Crippen LogP contribution in [0.3, 0.4) is 0 Å². The van der Waals surface area contributed by atoms with E-state index in [9.17, 15) is 14.7 Å². The van der Waals surface area contributed by atoms with Gasteiger partial charge in [0.05, 0.1) is 5.69 Å². The summed E-state index contributed by atoms with van der Waals surface area (Å²) in [6.45, 7) is 0. The van der Waals surface area contributed by atoms with Crippen molar-refractivity contribution in [3.8, 4) is 5.69 Å². The Morgan fingerprint density at radius 2 is 2.09 bits per heavy atom. The Bertz CT molecular complexity index is 677. The lowest BCUT2D eigenvalue weighted by atomic mass is 9.98. The summed E-state index contributed by atoms with van der Waals surface area (Å²) in [5, 5.41) is 16.2. The van der Waals surface area contributed by atoms with Gasteiger partial charge in [-0.25, -0.2) is 9.48 Å². The van der Waals surface area contributed by atoms with Crippen LogP contribution in [0, 0.1) is 0 Å². The highest BCUT2D eigenvalue weighted by Crippen LogP contribution is 2.28. The number of carbonyl (C=O) groups is 2. The molecule has 1 fully saturated rings. The predicted octanol–water partition coefficient (Wildman–Crippen LogP) is 1.56. The van der Waals surface area contributed by atoms with Crippen LogP contribution in [-0.2, 0) is 4.79 Å². The first-order chi connectivity index (χ1) is 10.6. The van der Waals surface area contributed by atoms with Gasteiger partial charge >= 0.3 is 5.97 Å². The van der Waals surface area contributed by atoms with E-state index in [-0.39, 0.29) is 5.91 Å². The molecule has 114 valence electrons. The van der Waals surface area contributed by atoms with Crippen LogP contribution in [0.25, 0.3) is 5.69 Å². The molecular formula is C15H15N3O3S. The number of hydrogen-bond acceptors (Lipinski definition) is 4. The Labute approximate surface area is 131 Å². The van der Waals surface area contributed by atoms with Gasteiger partial charge in [-0.15, -0.1) is 0 Å². The number of amides is 1. The van der Waals surface area contributed by atoms with Gasteiger partial charge in [0.1, 0.15) is 5.54 Å². The molecule has 2 heterocycles. The zero-order valence-electron chi connectivity index (χ0n) is 11.7. The summed E-state index contributed by atoms with van der Waals surface area (Å²) in [6.07, 6.45) is 3.93. The van der Waals surface area contributed by atoms with Crippen molar-refractivity contribution in [2.75, 3.05) is 11.5 Å². The summed E-state index contributed by atoms with van der Waals surface area (Å²) < 4.78 is 1.69. The third kappa shape index (κ3) is 2.71. The van der Waals surface area contributed by atoms with Gasteiger partial charge in [0.25, 0.3) is 5.91 Å². The Hall–Kier alpha value is -2.28. The minimum Gasteiger partial charge on any atom is -0.479 e. The largest absolute Gasteiger partial charge is 0.479 e. The molecule has 1 aromatic carbocycles. The Morgan fingerprint density at radius 1 is 1.32 bits per heavy atom. The van der Waals surface area contributed by atoms with Crippen molar-refractivity contribution in [1.29, 1.82) is 0 Å². The molecule has 7 heteroatoms. The van der Waals surface area contributed by atoms with E-state index in [1.54, 1.807) is 46.9 Å². The third-order valence-electron chi connectivity index (χ3n) is 3.68. The second kappa shape index (κ2) is 5.84. The summed E-state index contributed by atoms with van der Waals surface area (Å²) in [5.74, 6) is -0.194. The van der Waals surface area contributed by atoms with Crippen LogP contribution in [0.5, 0.6) is 0 Å². The first-order valence-electron chi connectivity index (χ1n) is 6.84. The molecule has 1 aliphatic rings. The van der Waals surface area contributed by atoms with E-state index in [1.807, 2.05) is 12.3 Å². The van der Waals surface area contributed by atoms with Gasteiger partial charge in [-0.05, 0) is 42.5 Å². The van der Waals surface area contributed by atoms with Gasteiger partial charge in [-0.2, -0.15) is 16.9 Å². The number of benzene rings is 1. The van der Waals surface area contributed by atoms with Crippen molar-refractivity contribution in [2.24, 2.45) is 0 Å². The average Bonchev–Trinajstić information content (AvgIpc) is 3.19. The van der Waals surface area contributed by atoms with Crippen LogP contribution in [0.4, 0.5) is 0 Å². The van der Waals surface area contributed by atoms with E-state index >= 15 is 0 Å². The number of nitrogens with zero attached hydrogens (tertiary/aromatic N) is 2. The predicted molar refractivity (Wildman–Crippen MR) is 83.3 cm³/mol. The van der Waals surface area contributed by atoms with E-state index in [0.717, 1.165) is 11.4 Å². The molecule has 0 bridgehead atoms. The monoisotopic (exact) mass is 317 g/mol. The lowest BCUT2D eigenvalue weighted by molar-refractivity contribution is -0.143. The van der Waals surface area contributed by atoms with E-state index in [4.69, 9.17) is 0 Å². The fourth-order valence-electron chi connectivity index (χ4n) is 2.36. The van der Waals surface area contributed by atoms with E-state index < -0.39 is 11.5 Å². The molecule has 1 aromatic heterocycles. The molecule has 1 amide bonds. The first kappa shape index (κ1) is 14.6. The molecule has 0 spiro atoms. The number of rotatable bonds is 4. The highest BCUT2D eigenvalue weighted by molar-refractivity contribution is 7.99. The van der Waals surface area contributed by atoms with Gasteiger partial charge < -0.3 is 10.4 Å². The number of nitrogens with one attached hydrogen (secondary N) is 1. The lowest BCUT2D eigenvalue weighted by Crippen LogP contribution is -2.54. The average molecular weight is 317 g/mol. The molecule has 22 heavy (non-hydrogen) atoms. The van der Waals surface area contributed by atoms with Crippen LogP contribution in [-0.4, -0.2) is 43.8 Å². The fraction of sp³-hybridized carbons (Fsp3) is 0.267. The van der Waals surface area contributed by atoms with Crippen LogP contribution >= 0.6 is 11.8 Å². The number of carbonyl (C=O) groups excluding carboxylic acids is 1. The highest BCUT2D eigenvalue weighted by atomic mass is 32.2. The molecular weight excluding hydrogens is 302 g/mol. The number of aromatic nitrogens is 2. The second-order valence-corrected chi connectivity index (χ2v) is 6.25. The molecule has 2 N–H and O–H groups in total. The van der Waals surface area contributed by atoms with Crippen molar-refractivity contribution >= 4 is 23.6 Å². The molecule has 0 saturated carbocycles. The van der Waals surface area contributed by atoms with Crippen molar-refractivity contribution in [3.05, 3.63) is 48.3 Å². The summed E-state index contributed by atoms with van der Waals surface area (Å²) in [7, 11) is 0. The van der Waals surface area contributed by atoms with Crippen LogP contribution < -0.4 is 5.32 Å². The Balaban J connectivity index is 1.76. The van der Waals surface area contributed by atoms with Gasteiger partial charge in [0.2, 0.25) is 0 Å². The van der Waals surface area contributed by atoms with Crippen molar-refractivity contribution < 1.29 is 14.7 Å². The van der Waals surface area contributed by atoms with Crippen LogP contribution in [0.2, 0.25) is 0 Å². The van der Waals surface area contributed by atoms with Gasteiger partial charge in [0.15, 0.2) is 0 Å². The summed E-state index contributed by atoms with van der Waals surface area (Å²) in [5.41, 5.74) is 0.127. The highest BCUT2D eigenvalue weighted by Gasteiger charge is 2.43. The van der Waals surface area contributed by atoms with Gasteiger partial charge in [0, 0.05) is 23.7 Å². The van der Waals surface area contributed by atoms with Crippen LogP contribution in [0.1, 0.15) is 16.8 Å². The summed E-state index contributed by atoms with van der Waals surface area (Å²) >= 11 is 1.54. The quantitative estimate of drug-likeness (QED) is 0.894. The summed E-state index contributed by atoms with van der Waals surface area (Å²) in [6, 6.07) is 8.71. The molecule has 1 aliphatic heterocycles. The topological polar surface area (TPSA) is 84.2 Å². The van der Waals surface area contributed by atoms with Crippen molar-refractivity contribution in [1.82, 2.24) is 15.1 Å². The maximum Gasteiger partial charge on any atom is 0.330 e. The fourth-order valence-corrected chi connectivity index (χ4v) is 3.69. The van der Waals surface area contributed by atoms with E-state index in [2.05, 4.69) is 10.4 Å². The second-order valence-electron chi connectivity index (χ2n) is 5.14. The lowest BCUT2D eigenvalue weighted by Gasteiger charge is -2.24. The van der Waals surface area contributed by atoms with Crippen LogP contribution in [0.15, 0.2) is 42.7 Å². The molecule has 1 atom stereocenters. The number of carboxylic acid groups (broad SMARTS) is 1. The minimum absolute atomic E-state index is 0.364. The minimum atomic E-state index is -1.15. The smallest absolute Gasteiger partial charge is 0.330 e. The summed E-state index contributed by atoms with van der Waals surface area (Å²) in [4.78, 5) is 23.8. The molecule has 0 radical (unpaired) electrons. The maximum atomic E-state index is 12.3. The Morgan fingerprint density at radius 3 is 2.64 bits per heavy atom. The first-order valence-corrected chi connectivity index (χ1v) is 8.00. The van der Waals surface area contributed by atoms with Crippen molar-refractivity contribution in [3.63, 3.8) is 0 Å².